The Kier molecular flexibility index (Phi) is 3.58. The molecule has 1 heterocycles. The lowest BCUT2D eigenvalue weighted by Gasteiger charge is -2.23. The predicted octanol–water partition coefficient (Wildman–Crippen LogP) is 4.24. The normalized spacial score (nSPS) is 18.3. The van der Waals surface area contributed by atoms with E-state index in [4.69, 9.17) is 16.0 Å². The van der Waals surface area contributed by atoms with Crippen LogP contribution in [0.1, 0.15) is 35.8 Å². The van der Waals surface area contributed by atoms with E-state index in [9.17, 15) is 4.39 Å². The molecule has 100 valence electrons. The number of fused-ring (bicyclic) bond motifs is 1. The first-order valence-corrected chi connectivity index (χ1v) is 6.85. The molecule has 0 spiro atoms. The van der Waals surface area contributed by atoms with Gasteiger partial charge >= 0.3 is 0 Å². The zero-order chi connectivity index (χ0) is 13.2. The first-order chi connectivity index (χ1) is 9.24. The van der Waals surface area contributed by atoms with Crippen LogP contribution in [0.5, 0.6) is 0 Å². The van der Waals surface area contributed by atoms with E-state index in [1.54, 1.807) is 18.4 Å². The van der Waals surface area contributed by atoms with Gasteiger partial charge in [-0.2, -0.15) is 0 Å². The Hall–Kier alpha value is -1.32. The fourth-order valence-electron chi connectivity index (χ4n) is 2.61. The van der Waals surface area contributed by atoms with E-state index in [-0.39, 0.29) is 11.9 Å². The quantitative estimate of drug-likeness (QED) is 0.909. The number of rotatable bonds is 3. The topological polar surface area (TPSA) is 25.2 Å². The number of aryl methyl sites for hydroxylation is 1. The van der Waals surface area contributed by atoms with Gasteiger partial charge in [-0.25, -0.2) is 4.39 Å². The molecule has 4 heteroatoms. The minimum absolute atomic E-state index is 0.222. The lowest BCUT2D eigenvalue weighted by molar-refractivity contribution is 0.408. The van der Waals surface area contributed by atoms with E-state index >= 15 is 0 Å². The van der Waals surface area contributed by atoms with Gasteiger partial charge in [0.2, 0.25) is 0 Å². The van der Waals surface area contributed by atoms with Crippen molar-refractivity contribution < 1.29 is 8.81 Å². The van der Waals surface area contributed by atoms with Gasteiger partial charge < -0.3 is 9.73 Å². The second kappa shape index (κ2) is 5.35. The van der Waals surface area contributed by atoms with Crippen LogP contribution in [0, 0.1) is 5.82 Å². The van der Waals surface area contributed by atoms with Crippen molar-refractivity contribution in [1.29, 1.82) is 0 Å². The molecule has 1 aromatic carbocycles. The van der Waals surface area contributed by atoms with Gasteiger partial charge in [-0.15, -0.1) is 0 Å². The zero-order valence-electron chi connectivity index (χ0n) is 10.5. The first kappa shape index (κ1) is 12.7. The van der Waals surface area contributed by atoms with Crippen molar-refractivity contribution in [3.63, 3.8) is 0 Å². The molecule has 0 radical (unpaired) electrons. The van der Waals surface area contributed by atoms with Gasteiger partial charge in [-0.3, -0.25) is 0 Å². The lowest BCUT2D eigenvalue weighted by Crippen LogP contribution is -2.24. The van der Waals surface area contributed by atoms with Crippen molar-refractivity contribution in [2.24, 2.45) is 0 Å². The van der Waals surface area contributed by atoms with Crippen molar-refractivity contribution in [2.75, 3.05) is 0 Å². The summed E-state index contributed by atoms with van der Waals surface area (Å²) in [6, 6.07) is 6.88. The zero-order valence-corrected chi connectivity index (χ0v) is 11.2. The molecule has 2 nitrogen and oxygen atoms in total. The minimum atomic E-state index is -0.222. The average Bonchev–Trinajstić information content (AvgIpc) is 2.88. The third-order valence-corrected chi connectivity index (χ3v) is 3.83. The van der Waals surface area contributed by atoms with Crippen molar-refractivity contribution in [1.82, 2.24) is 5.32 Å². The highest BCUT2D eigenvalue weighted by molar-refractivity contribution is 6.30. The molecule has 0 saturated carbocycles. The molecule has 0 fully saturated rings. The maximum absolute atomic E-state index is 13.6. The first-order valence-electron chi connectivity index (χ1n) is 6.47. The van der Waals surface area contributed by atoms with Gasteiger partial charge in [0.05, 0.1) is 6.26 Å². The molecule has 1 N–H and O–H groups in total. The van der Waals surface area contributed by atoms with E-state index in [1.807, 2.05) is 6.07 Å². The molecule has 1 aliphatic rings. The highest BCUT2D eigenvalue weighted by Gasteiger charge is 2.22. The molecule has 0 saturated heterocycles. The van der Waals surface area contributed by atoms with Crippen LogP contribution in [0.4, 0.5) is 4.39 Å². The maximum Gasteiger partial charge on any atom is 0.127 e. The predicted molar refractivity (Wildman–Crippen MR) is 72.6 cm³/mol. The Balaban J connectivity index is 1.72. The molecule has 1 atom stereocenters. The van der Waals surface area contributed by atoms with Crippen molar-refractivity contribution in [2.45, 2.75) is 31.8 Å². The Morgan fingerprint density at radius 3 is 3.16 bits per heavy atom. The molecule has 0 bridgehead atoms. The number of halogens is 2. The summed E-state index contributed by atoms with van der Waals surface area (Å²) < 4.78 is 19.1. The summed E-state index contributed by atoms with van der Waals surface area (Å²) in [5.74, 6) is 0.829. The highest BCUT2D eigenvalue weighted by Crippen LogP contribution is 2.30. The van der Waals surface area contributed by atoms with Crippen molar-refractivity contribution >= 4 is 11.6 Å². The number of hydrogen-bond acceptors (Lipinski definition) is 2. The van der Waals surface area contributed by atoms with Gasteiger partial charge in [0.1, 0.15) is 11.6 Å². The molecular weight excluding hydrogens is 265 g/mol. The third-order valence-electron chi connectivity index (χ3n) is 3.60. The van der Waals surface area contributed by atoms with Crippen molar-refractivity contribution in [3.8, 4) is 0 Å². The highest BCUT2D eigenvalue weighted by atomic mass is 35.5. The van der Waals surface area contributed by atoms with E-state index in [0.29, 0.717) is 17.1 Å². The second-order valence-electron chi connectivity index (χ2n) is 4.86. The number of benzene rings is 1. The summed E-state index contributed by atoms with van der Waals surface area (Å²) in [5.41, 5.74) is 1.80. The van der Waals surface area contributed by atoms with Gasteiger partial charge in [-0.1, -0.05) is 11.6 Å². The SMILES string of the molecule is Fc1ccc(Cl)cc1CNC1CCCc2occc21. The summed E-state index contributed by atoms with van der Waals surface area (Å²) in [7, 11) is 0. The maximum atomic E-state index is 13.6. The summed E-state index contributed by atoms with van der Waals surface area (Å²) in [5, 5.41) is 3.95. The van der Waals surface area contributed by atoms with Crippen molar-refractivity contribution in [3.05, 3.63) is 58.3 Å². The molecule has 19 heavy (non-hydrogen) atoms. The van der Waals surface area contributed by atoms with Crippen LogP contribution in [-0.2, 0) is 13.0 Å². The van der Waals surface area contributed by atoms with E-state index in [1.165, 1.54) is 11.6 Å². The number of hydrogen-bond donors (Lipinski definition) is 1. The van der Waals surface area contributed by atoms with Crippen LogP contribution in [0.3, 0.4) is 0 Å². The van der Waals surface area contributed by atoms with Gasteiger partial charge in [0.15, 0.2) is 0 Å². The van der Waals surface area contributed by atoms with E-state index in [0.717, 1.165) is 25.0 Å². The molecule has 0 amide bonds. The minimum Gasteiger partial charge on any atom is -0.469 e. The van der Waals surface area contributed by atoms with Gasteiger partial charge in [0, 0.05) is 35.2 Å². The molecule has 2 aromatic rings. The second-order valence-corrected chi connectivity index (χ2v) is 5.30. The third kappa shape index (κ3) is 2.67. The summed E-state index contributed by atoms with van der Waals surface area (Å²) >= 11 is 5.89. The van der Waals surface area contributed by atoms with E-state index < -0.39 is 0 Å². The van der Waals surface area contributed by atoms with Crippen LogP contribution < -0.4 is 5.32 Å². The van der Waals surface area contributed by atoms with Crippen LogP contribution in [-0.4, -0.2) is 0 Å². The standard InChI is InChI=1S/C15H15ClFNO/c16-11-4-5-13(17)10(8-11)9-18-14-2-1-3-15-12(14)6-7-19-15/h4-8,14,18H,1-3,9H2. The largest absolute Gasteiger partial charge is 0.469 e. The van der Waals surface area contributed by atoms with Crippen LogP contribution in [0.2, 0.25) is 5.02 Å². The molecule has 1 aliphatic carbocycles. The lowest BCUT2D eigenvalue weighted by atomic mass is 9.93. The van der Waals surface area contributed by atoms with Crippen LogP contribution >= 0.6 is 11.6 Å². The van der Waals surface area contributed by atoms with E-state index in [2.05, 4.69) is 5.32 Å². The summed E-state index contributed by atoms with van der Waals surface area (Å²) in [6.07, 6.45) is 4.86. The number of furan rings is 1. The summed E-state index contributed by atoms with van der Waals surface area (Å²) in [4.78, 5) is 0. The van der Waals surface area contributed by atoms with Gasteiger partial charge in [0.25, 0.3) is 0 Å². The van der Waals surface area contributed by atoms with Crippen LogP contribution in [0.25, 0.3) is 0 Å². The Bertz CT molecular complexity index is 581. The fourth-order valence-corrected chi connectivity index (χ4v) is 2.81. The van der Waals surface area contributed by atoms with Gasteiger partial charge in [-0.05, 0) is 37.1 Å². The Morgan fingerprint density at radius 1 is 1.37 bits per heavy atom. The Morgan fingerprint density at radius 2 is 2.26 bits per heavy atom. The molecule has 1 aromatic heterocycles. The molecule has 1 unspecified atom stereocenters. The number of nitrogens with one attached hydrogen (secondary N) is 1. The smallest absolute Gasteiger partial charge is 0.127 e. The molecule has 3 rings (SSSR count). The van der Waals surface area contributed by atoms with Crippen LogP contribution in [0.15, 0.2) is 34.9 Å². The Labute approximate surface area is 116 Å². The average molecular weight is 280 g/mol. The monoisotopic (exact) mass is 279 g/mol. The summed E-state index contributed by atoms with van der Waals surface area (Å²) in [6.45, 7) is 0.474. The fraction of sp³-hybridized carbons (Fsp3) is 0.333. The molecule has 0 aliphatic heterocycles. The molecular formula is C15H15ClFNO.